The van der Waals surface area contributed by atoms with Crippen molar-refractivity contribution in [3.63, 3.8) is 0 Å². The summed E-state index contributed by atoms with van der Waals surface area (Å²) in [4.78, 5) is 76.3. The predicted octanol–water partition coefficient (Wildman–Crippen LogP) is 0.982. The lowest BCUT2D eigenvalue weighted by Gasteiger charge is -2.33. The SMILES string of the molecule is CC(C)(C)OC(=O)N1CCC(NC(=O)COc2ccc3c(c2)C(=O)N(C2CCC(=O)NC2=O)C3=O)CC1. The highest BCUT2D eigenvalue weighted by Gasteiger charge is 2.44. The highest BCUT2D eigenvalue weighted by atomic mass is 16.6. The number of fused-ring (bicyclic) bond motifs is 1. The van der Waals surface area contributed by atoms with Gasteiger partial charge in [-0.05, 0) is 58.2 Å². The fraction of sp³-hybridized carbons (Fsp3) is 0.520. The maximum absolute atomic E-state index is 12.9. The van der Waals surface area contributed by atoms with E-state index in [-0.39, 0.29) is 54.4 Å². The molecule has 4 rings (SSSR count). The summed E-state index contributed by atoms with van der Waals surface area (Å²) in [5.74, 6) is -2.53. The van der Waals surface area contributed by atoms with Crippen LogP contribution < -0.4 is 15.4 Å². The number of nitrogens with one attached hydrogen (secondary N) is 2. The van der Waals surface area contributed by atoms with Crippen LogP contribution in [-0.4, -0.2) is 82.8 Å². The fourth-order valence-electron chi connectivity index (χ4n) is 4.49. The first-order chi connectivity index (χ1) is 17.4. The molecule has 198 valence electrons. The summed E-state index contributed by atoms with van der Waals surface area (Å²) < 4.78 is 10.9. The third kappa shape index (κ3) is 5.89. The molecule has 2 fully saturated rings. The Morgan fingerprint density at radius 3 is 2.35 bits per heavy atom. The van der Waals surface area contributed by atoms with Crippen LogP contribution in [0.5, 0.6) is 5.75 Å². The van der Waals surface area contributed by atoms with Crippen LogP contribution in [0.15, 0.2) is 18.2 Å². The van der Waals surface area contributed by atoms with Crippen LogP contribution in [0.2, 0.25) is 0 Å². The van der Waals surface area contributed by atoms with Crippen LogP contribution in [0.4, 0.5) is 4.79 Å². The van der Waals surface area contributed by atoms with Gasteiger partial charge in [0, 0.05) is 25.6 Å². The maximum Gasteiger partial charge on any atom is 0.410 e. The average Bonchev–Trinajstić information content (AvgIpc) is 3.07. The molecule has 0 spiro atoms. The van der Waals surface area contributed by atoms with E-state index >= 15 is 0 Å². The lowest BCUT2D eigenvalue weighted by Crippen LogP contribution is -2.54. The zero-order valence-corrected chi connectivity index (χ0v) is 21.0. The quantitative estimate of drug-likeness (QED) is 0.552. The van der Waals surface area contributed by atoms with E-state index in [4.69, 9.17) is 9.47 Å². The number of likely N-dealkylation sites (tertiary alicyclic amines) is 1. The molecule has 2 N–H and O–H groups in total. The number of rotatable bonds is 5. The lowest BCUT2D eigenvalue weighted by molar-refractivity contribution is -0.136. The van der Waals surface area contributed by atoms with E-state index in [1.807, 2.05) is 0 Å². The average molecular weight is 515 g/mol. The van der Waals surface area contributed by atoms with Crippen LogP contribution in [-0.2, 0) is 19.1 Å². The Bertz CT molecular complexity index is 1150. The van der Waals surface area contributed by atoms with Crippen molar-refractivity contribution >= 4 is 35.6 Å². The van der Waals surface area contributed by atoms with Gasteiger partial charge in [0.05, 0.1) is 11.1 Å². The van der Waals surface area contributed by atoms with Crippen molar-refractivity contribution in [1.82, 2.24) is 20.4 Å². The molecule has 0 saturated carbocycles. The number of carbonyl (C=O) groups is 6. The van der Waals surface area contributed by atoms with E-state index < -0.39 is 35.3 Å². The van der Waals surface area contributed by atoms with Gasteiger partial charge in [-0.15, -0.1) is 0 Å². The smallest absolute Gasteiger partial charge is 0.410 e. The lowest BCUT2D eigenvalue weighted by atomic mass is 10.0. The van der Waals surface area contributed by atoms with Crippen molar-refractivity contribution in [2.24, 2.45) is 0 Å². The number of amides is 6. The normalized spacial score (nSPS) is 20.5. The first kappa shape index (κ1) is 26.1. The molecular weight excluding hydrogens is 484 g/mol. The van der Waals surface area contributed by atoms with Crippen LogP contribution in [0.3, 0.4) is 0 Å². The first-order valence-electron chi connectivity index (χ1n) is 12.2. The van der Waals surface area contributed by atoms with Crippen LogP contribution in [0.25, 0.3) is 0 Å². The third-order valence-corrected chi connectivity index (χ3v) is 6.29. The molecule has 0 bridgehead atoms. The zero-order valence-electron chi connectivity index (χ0n) is 21.0. The molecule has 3 aliphatic heterocycles. The summed E-state index contributed by atoms with van der Waals surface area (Å²) in [5, 5.41) is 5.03. The van der Waals surface area contributed by atoms with Gasteiger partial charge >= 0.3 is 6.09 Å². The zero-order chi connectivity index (χ0) is 26.9. The molecule has 1 aromatic carbocycles. The minimum Gasteiger partial charge on any atom is -0.484 e. The van der Waals surface area contributed by atoms with Crippen molar-refractivity contribution < 1.29 is 38.2 Å². The van der Waals surface area contributed by atoms with E-state index in [0.29, 0.717) is 25.9 Å². The summed E-state index contributed by atoms with van der Waals surface area (Å²) in [7, 11) is 0. The Morgan fingerprint density at radius 2 is 1.70 bits per heavy atom. The van der Waals surface area contributed by atoms with Crippen molar-refractivity contribution in [2.75, 3.05) is 19.7 Å². The van der Waals surface area contributed by atoms with Gasteiger partial charge in [0.2, 0.25) is 11.8 Å². The molecule has 37 heavy (non-hydrogen) atoms. The molecule has 1 atom stereocenters. The highest BCUT2D eigenvalue weighted by molar-refractivity contribution is 6.23. The van der Waals surface area contributed by atoms with Crippen molar-refractivity contribution in [3.8, 4) is 5.75 Å². The summed E-state index contributed by atoms with van der Waals surface area (Å²) in [6.45, 7) is 6.05. The van der Waals surface area contributed by atoms with E-state index in [2.05, 4.69) is 10.6 Å². The second-order valence-corrected chi connectivity index (χ2v) is 10.3. The van der Waals surface area contributed by atoms with Gasteiger partial charge in [0.1, 0.15) is 17.4 Å². The number of piperidine rings is 2. The number of imide groups is 2. The molecule has 0 radical (unpaired) electrons. The Balaban J connectivity index is 1.28. The standard InChI is InChI=1S/C25H30N4O8/c1-25(2,3)37-24(35)28-10-8-14(9-11-28)26-20(31)13-36-15-4-5-16-17(12-15)23(34)29(22(16)33)18-6-7-19(30)27-21(18)32/h4-5,12,14,18H,6-11,13H2,1-3H3,(H,26,31)(H,27,30,32). The number of ether oxygens (including phenoxy) is 2. The van der Waals surface area contributed by atoms with Crippen LogP contribution in [0, 0.1) is 0 Å². The molecule has 2 saturated heterocycles. The summed E-state index contributed by atoms with van der Waals surface area (Å²) >= 11 is 0. The molecule has 1 unspecified atom stereocenters. The van der Waals surface area contributed by atoms with Gasteiger partial charge in [-0.25, -0.2) is 4.79 Å². The Morgan fingerprint density at radius 1 is 1.03 bits per heavy atom. The number of nitrogens with zero attached hydrogens (tertiary/aromatic N) is 2. The van der Waals surface area contributed by atoms with Gasteiger partial charge in [-0.2, -0.15) is 0 Å². The van der Waals surface area contributed by atoms with E-state index in [9.17, 15) is 28.8 Å². The minimum atomic E-state index is -1.05. The minimum absolute atomic E-state index is 0.0350. The molecular formula is C25H30N4O8. The van der Waals surface area contributed by atoms with E-state index in [0.717, 1.165) is 4.90 Å². The maximum atomic E-state index is 12.9. The molecule has 3 aliphatic rings. The molecule has 0 aromatic heterocycles. The predicted molar refractivity (Wildman–Crippen MR) is 128 cm³/mol. The third-order valence-electron chi connectivity index (χ3n) is 6.29. The second kappa shape index (κ2) is 10.2. The van der Waals surface area contributed by atoms with Gasteiger partial charge in [-0.1, -0.05) is 0 Å². The largest absolute Gasteiger partial charge is 0.484 e. The van der Waals surface area contributed by atoms with Crippen molar-refractivity contribution in [3.05, 3.63) is 29.3 Å². The molecule has 6 amide bonds. The highest BCUT2D eigenvalue weighted by Crippen LogP contribution is 2.30. The van der Waals surface area contributed by atoms with Gasteiger partial charge < -0.3 is 19.7 Å². The monoisotopic (exact) mass is 514 g/mol. The van der Waals surface area contributed by atoms with Crippen molar-refractivity contribution in [1.29, 1.82) is 0 Å². The van der Waals surface area contributed by atoms with E-state index in [1.165, 1.54) is 18.2 Å². The molecule has 3 heterocycles. The van der Waals surface area contributed by atoms with Gasteiger partial charge in [0.15, 0.2) is 6.61 Å². The summed E-state index contributed by atoms with van der Waals surface area (Å²) in [6.07, 6.45) is 0.887. The second-order valence-electron chi connectivity index (χ2n) is 10.3. The molecule has 12 nitrogen and oxygen atoms in total. The first-order valence-corrected chi connectivity index (χ1v) is 12.2. The molecule has 0 aliphatic carbocycles. The number of benzene rings is 1. The summed E-state index contributed by atoms with van der Waals surface area (Å²) in [5.41, 5.74) is -0.372. The molecule has 1 aromatic rings. The number of hydrogen-bond donors (Lipinski definition) is 2. The van der Waals surface area contributed by atoms with Gasteiger partial charge in [0.25, 0.3) is 17.7 Å². The Kier molecular flexibility index (Phi) is 7.19. The summed E-state index contributed by atoms with van der Waals surface area (Å²) in [6, 6.07) is 3.10. The fourth-order valence-corrected chi connectivity index (χ4v) is 4.49. The Hall–Kier alpha value is -3.96. The molecule has 12 heteroatoms. The van der Waals surface area contributed by atoms with Crippen molar-refractivity contribution in [2.45, 2.75) is 64.1 Å². The van der Waals surface area contributed by atoms with Gasteiger partial charge in [-0.3, -0.25) is 34.2 Å². The Labute approximate surface area is 213 Å². The van der Waals surface area contributed by atoms with Crippen LogP contribution in [0.1, 0.15) is 67.2 Å². The number of hydrogen-bond acceptors (Lipinski definition) is 8. The van der Waals surface area contributed by atoms with Crippen LogP contribution >= 0.6 is 0 Å². The number of carbonyl (C=O) groups excluding carboxylic acids is 6. The van der Waals surface area contributed by atoms with E-state index in [1.54, 1.807) is 25.7 Å². The topological polar surface area (TPSA) is 151 Å².